The summed E-state index contributed by atoms with van der Waals surface area (Å²) in [6.07, 6.45) is 5.22. The molecule has 0 spiro atoms. The summed E-state index contributed by atoms with van der Waals surface area (Å²) >= 11 is 0. The normalized spacial score (nSPS) is 17.4. The van der Waals surface area contributed by atoms with E-state index >= 15 is 0 Å². The molecule has 1 fully saturated rings. The molecule has 2 rings (SSSR count). The highest BCUT2D eigenvalue weighted by Crippen LogP contribution is 2.25. The van der Waals surface area contributed by atoms with Crippen molar-refractivity contribution in [1.82, 2.24) is 4.90 Å². The molecule has 0 saturated heterocycles. The Balaban J connectivity index is 1.95. The summed E-state index contributed by atoms with van der Waals surface area (Å²) in [4.78, 5) is 14.4. The summed E-state index contributed by atoms with van der Waals surface area (Å²) in [6.45, 7) is 2.86. The minimum Gasteiger partial charge on any atom is -0.340 e. The second-order valence-corrected chi connectivity index (χ2v) is 5.34. The Labute approximate surface area is 115 Å². The number of nitrogens with two attached hydrogens (primary N) is 1. The summed E-state index contributed by atoms with van der Waals surface area (Å²) in [7, 11) is 0. The van der Waals surface area contributed by atoms with Gasteiger partial charge in [-0.05, 0) is 25.3 Å². The van der Waals surface area contributed by atoms with Crippen LogP contribution in [0.4, 0.5) is 0 Å². The highest BCUT2D eigenvalue weighted by Gasteiger charge is 2.26. The molecule has 104 valence electrons. The third-order valence-corrected chi connectivity index (χ3v) is 4.05. The number of rotatable bonds is 5. The van der Waals surface area contributed by atoms with E-state index in [0.29, 0.717) is 12.5 Å². The molecule has 0 bridgehead atoms. The summed E-state index contributed by atoms with van der Waals surface area (Å²) in [5.41, 5.74) is 7.18. The van der Waals surface area contributed by atoms with Gasteiger partial charge in [-0.1, -0.05) is 43.2 Å². The lowest BCUT2D eigenvalue weighted by Gasteiger charge is -2.28. The smallest absolute Gasteiger partial charge is 0.224 e. The van der Waals surface area contributed by atoms with Crippen LogP contribution in [-0.2, 0) is 4.79 Å². The number of carbonyl (C=O) groups is 1. The molecule has 0 radical (unpaired) electrons. The number of hydrogen-bond acceptors (Lipinski definition) is 2. The van der Waals surface area contributed by atoms with Gasteiger partial charge in [-0.25, -0.2) is 0 Å². The summed E-state index contributed by atoms with van der Waals surface area (Å²) < 4.78 is 0. The summed E-state index contributed by atoms with van der Waals surface area (Å²) in [6, 6.07) is 10.1. The predicted molar refractivity (Wildman–Crippen MR) is 77.6 cm³/mol. The van der Waals surface area contributed by atoms with E-state index in [-0.39, 0.29) is 11.9 Å². The molecule has 1 amide bonds. The number of nitrogens with zero attached hydrogens (tertiary/aromatic N) is 1. The van der Waals surface area contributed by atoms with Crippen LogP contribution in [0.1, 0.15) is 50.6 Å². The van der Waals surface area contributed by atoms with Gasteiger partial charge in [0.1, 0.15) is 0 Å². The van der Waals surface area contributed by atoms with E-state index in [1.807, 2.05) is 35.2 Å². The van der Waals surface area contributed by atoms with Gasteiger partial charge in [0.05, 0.1) is 0 Å². The molecule has 3 nitrogen and oxygen atoms in total. The average molecular weight is 260 g/mol. The van der Waals surface area contributed by atoms with Gasteiger partial charge >= 0.3 is 0 Å². The van der Waals surface area contributed by atoms with Crippen LogP contribution in [0.2, 0.25) is 0 Å². The maximum atomic E-state index is 12.4. The van der Waals surface area contributed by atoms with Crippen LogP contribution in [0.3, 0.4) is 0 Å². The van der Waals surface area contributed by atoms with Crippen molar-refractivity contribution in [2.75, 3.05) is 6.54 Å². The molecular formula is C16H24N2O. The molecule has 1 unspecified atom stereocenters. The predicted octanol–water partition coefficient (Wildman–Crippen LogP) is 2.87. The molecule has 1 saturated carbocycles. The van der Waals surface area contributed by atoms with Crippen LogP contribution in [0, 0.1) is 0 Å². The van der Waals surface area contributed by atoms with Gasteiger partial charge in [0, 0.05) is 25.0 Å². The standard InChI is InChI=1S/C16H24N2O/c1-2-18(14-10-6-7-11-14)16(19)12-15(17)13-8-4-3-5-9-13/h3-5,8-9,14-15H,2,6-7,10-12,17H2,1H3. The number of carbonyl (C=O) groups excluding carboxylic acids is 1. The van der Waals surface area contributed by atoms with Gasteiger partial charge in [-0.15, -0.1) is 0 Å². The molecular weight excluding hydrogens is 236 g/mol. The first-order valence-electron chi connectivity index (χ1n) is 7.32. The van der Waals surface area contributed by atoms with Crippen LogP contribution in [0.5, 0.6) is 0 Å². The van der Waals surface area contributed by atoms with Gasteiger partial charge in [-0.2, -0.15) is 0 Å². The Morgan fingerprint density at radius 2 is 1.95 bits per heavy atom. The SMILES string of the molecule is CCN(C(=O)CC(N)c1ccccc1)C1CCCC1. The third-order valence-electron chi connectivity index (χ3n) is 4.05. The number of benzene rings is 1. The van der Waals surface area contributed by atoms with E-state index in [2.05, 4.69) is 6.92 Å². The van der Waals surface area contributed by atoms with Crippen molar-refractivity contribution >= 4 is 5.91 Å². The average Bonchev–Trinajstić information content (AvgIpc) is 2.94. The Hall–Kier alpha value is -1.35. The Kier molecular flexibility index (Phi) is 4.97. The van der Waals surface area contributed by atoms with E-state index in [0.717, 1.165) is 24.9 Å². The van der Waals surface area contributed by atoms with Crippen molar-refractivity contribution in [3.8, 4) is 0 Å². The van der Waals surface area contributed by atoms with E-state index in [4.69, 9.17) is 5.73 Å². The fourth-order valence-corrected chi connectivity index (χ4v) is 2.98. The van der Waals surface area contributed by atoms with Crippen molar-refractivity contribution in [3.05, 3.63) is 35.9 Å². The van der Waals surface area contributed by atoms with E-state index in [1.165, 1.54) is 12.8 Å². The number of amides is 1. The molecule has 2 N–H and O–H groups in total. The van der Waals surface area contributed by atoms with Crippen LogP contribution < -0.4 is 5.73 Å². The van der Waals surface area contributed by atoms with Gasteiger partial charge in [-0.3, -0.25) is 4.79 Å². The number of hydrogen-bond donors (Lipinski definition) is 1. The molecule has 19 heavy (non-hydrogen) atoms. The minimum atomic E-state index is -0.191. The molecule has 1 aromatic rings. The van der Waals surface area contributed by atoms with Gasteiger partial charge in [0.25, 0.3) is 0 Å². The highest BCUT2D eigenvalue weighted by molar-refractivity contribution is 5.77. The van der Waals surface area contributed by atoms with Crippen LogP contribution in [-0.4, -0.2) is 23.4 Å². The second kappa shape index (κ2) is 6.71. The molecule has 3 heteroatoms. The zero-order valence-corrected chi connectivity index (χ0v) is 11.7. The summed E-state index contributed by atoms with van der Waals surface area (Å²) in [5.74, 6) is 0.200. The molecule has 0 aliphatic heterocycles. The molecule has 0 aromatic heterocycles. The lowest BCUT2D eigenvalue weighted by Crippen LogP contribution is -2.39. The Morgan fingerprint density at radius 3 is 2.53 bits per heavy atom. The lowest BCUT2D eigenvalue weighted by atomic mass is 10.0. The van der Waals surface area contributed by atoms with Crippen molar-refractivity contribution < 1.29 is 4.79 Å². The third kappa shape index (κ3) is 3.57. The zero-order valence-electron chi connectivity index (χ0n) is 11.7. The van der Waals surface area contributed by atoms with Gasteiger partial charge in [0.2, 0.25) is 5.91 Å². The highest BCUT2D eigenvalue weighted by atomic mass is 16.2. The zero-order chi connectivity index (χ0) is 13.7. The van der Waals surface area contributed by atoms with Crippen molar-refractivity contribution in [2.45, 2.75) is 51.1 Å². The van der Waals surface area contributed by atoms with Crippen LogP contribution in [0.15, 0.2) is 30.3 Å². The maximum Gasteiger partial charge on any atom is 0.224 e. The molecule has 1 aliphatic rings. The lowest BCUT2D eigenvalue weighted by molar-refractivity contribution is -0.133. The molecule has 0 heterocycles. The van der Waals surface area contributed by atoms with Crippen molar-refractivity contribution in [1.29, 1.82) is 0 Å². The first-order valence-corrected chi connectivity index (χ1v) is 7.32. The molecule has 1 atom stereocenters. The fraction of sp³-hybridized carbons (Fsp3) is 0.562. The Morgan fingerprint density at radius 1 is 1.32 bits per heavy atom. The topological polar surface area (TPSA) is 46.3 Å². The molecule has 1 aliphatic carbocycles. The van der Waals surface area contributed by atoms with E-state index in [9.17, 15) is 4.79 Å². The largest absolute Gasteiger partial charge is 0.340 e. The van der Waals surface area contributed by atoms with Crippen molar-refractivity contribution in [2.24, 2.45) is 5.73 Å². The molecule has 1 aromatic carbocycles. The minimum absolute atomic E-state index is 0.191. The second-order valence-electron chi connectivity index (χ2n) is 5.34. The quantitative estimate of drug-likeness (QED) is 0.885. The van der Waals surface area contributed by atoms with Gasteiger partial charge in [0.15, 0.2) is 0 Å². The maximum absolute atomic E-state index is 12.4. The first kappa shape index (κ1) is 14.1. The van der Waals surface area contributed by atoms with Crippen molar-refractivity contribution in [3.63, 3.8) is 0 Å². The monoisotopic (exact) mass is 260 g/mol. The van der Waals surface area contributed by atoms with Gasteiger partial charge < -0.3 is 10.6 Å². The summed E-state index contributed by atoms with van der Waals surface area (Å²) in [5, 5.41) is 0. The van der Waals surface area contributed by atoms with Crippen LogP contribution >= 0.6 is 0 Å². The Bertz CT molecular complexity index is 398. The van der Waals surface area contributed by atoms with E-state index in [1.54, 1.807) is 0 Å². The fourth-order valence-electron chi connectivity index (χ4n) is 2.98. The van der Waals surface area contributed by atoms with E-state index < -0.39 is 0 Å². The first-order chi connectivity index (χ1) is 9.22. The van der Waals surface area contributed by atoms with Crippen LogP contribution in [0.25, 0.3) is 0 Å².